The highest BCUT2D eigenvalue weighted by Crippen LogP contribution is 2.65. The zero-order valence-electron chi connectivity index (χ0n) is 20.5. The molecular weight excluding hydrogens is 519 g/mol. The van der Waals surface area contributed by atoms with Crippen LogP contribution in [0.15, 0.2) is 47.4 Å². The third-order valence-electron chi connectivity index (χ3n) is 7.17. The summed E-state index contributed by atoms with van der Waals surface area (Å²) in [6, 6.07) is 12.0. The topological polar surface area (TPSA) is 108 Å². The minimum absolute atomic E-state index is 0.104. The first-order chi connectivity index (χ1) is 17.9. The molecule has 1 aromatic heterocycles. The number of fused-ring (bicyclic) bond motifs is 5. The monoisotopic (exact) mass is 543 g/mol. The largest absolute Gasteiger partial charge is 0.494 e. The molecule has 2 aliphatic rings. The van der Waals surface area contributed by atoms with E-state index in [1.54, 1.807) is 30.8 Å². The van der Waals surface area contributed by atoms with E-state index in [4.69, 9.17) is 10.00 Å². The summed E-state index contributed by atoms with van der Waals surface area (Å²) in [7, 11) is 0. The van der Waals surface area contributed by atoms with Crippen LogP contribution in [0.1, 0.15) is 55.4 Å². The van der Waals surface area contributed by atoms with Crippen molar-refractivity contribution in [3.63, 3.8) is 0 Å². The number of rotatable bonds is 6. The molecule has 5 rings (SSSR count). The fraction of sp³-hybridized carbons (Fsp3) is 0.333. The summed E-state index contributed by atoms with van der Waals surface area (Å²) >= 11 is 1.56. The lowest BCUT2D eigenvalue weighted by atomic mass is 9.78. The number of hydrogen-bond donors (Lipinski definition) is 3. The molecule has 2 aromatic carbocycles. The quantitative estimate of drug-likeness (QED) is 0.322. The van der Waals surface area contributed by atoms with Crippen LogP contribution in [0.4, 0.5) is 18.9 Å². The van der Waals surface area contributed by atoms with E-state index in [1.807, 2.05) is 12.1 Å². The summed E-state index contributed by atoms with van der Waals surface area (Å²) in [5, 5.41) is 34.2. The van der Waals surface area contributed by atoms with Crippen molar-refractivity contribution in [1.29, 1.82) is 5.26 Å². The number of ether oxygens (including phenoxy) is 1. The Hall–Kier alpha value is -3.62. The highest BCUT2D eigenvalue weighted by molar-refractivity contribution is 7.99. The number of hydrogen-bond acceptors (Lipinski definition) is 6. The Morgan fingerprint density at radius 3 is 2.47 bits per heavy atom. The summed E-state index contributed by atoms with van der Waals surface area (Å²) < 4.78 is 48.1. The predicted molar refractivity (Wildman–Crippen MR) is 134 cm³/mol. The van der Waals surface area contributed by atoms with Gasteiger partial charge in [0.15, 0.2) is 0 Å². The maximum absolute atomic E-state index is 13.6. The van der Waals surface area contributed by atoms with Crippen LogP contribution in [0.2, 0.25) is 0 Å². The number of halogens is 3. The standard InChI is InChI=1S/C27H24F3N3O4S/c1-15(34)32-17-4-7-19(8-5-17)38-12-11-26-10-9-25(2,37-26)21-22(26)24(36)33(23(21)35)18-6-3-16(14-31)20(13-18)27(28,29)30/h3-8,13,35-36H,9-12H2,1-2H3,(H,32,34)/t25-,26-/m1/s1. The number of carbonyl (C=O) groups excluding carboxylic acids is 1. The van der Waals surface area contributed by atoms with Gasteiger partial charge in [0, 0.05) is 23.3 Å². The van der Waals surface area contributed by atoms with Crippen LogP contribution >= 0.6 is 11.8 Å². The van der Waals surface area contributed by atoms with Gasteiger partial charge in [-0.2, -0.15) is 18.4 Å². The van der Waals surface area contributed by atoms with Gasteiger partial charge >= 0.3 is 6.18 Å². The first-order valence-corrected chi connectivity index (χ1v) is 12.9. The van der Waals surface area contributed by atoms with Crippen LogP contribution in [0.3, 0.4) is 0 Å². The second kappa shape index (κ2) is 8.99. The second-order valence-corrected chi connectivity index (χ2v) is 10.9. The zero-order valence-corrected chi connectivity index (χ0v) is 21.3. The number of nitrogens with one attached hydrogen (secondary N) is 1. The van der Waals surface area contributed by atoms with E-state index < -0.39 is 28.5 Å². The number of amides is 1. The Bertz CT molecular complexity index is 1480. The van der Waals surface area contributed by atoms with E-state index in [0.717, 1.165) is 21.6 Å². The van der Waals surface area contributed by atoms with Crippen molar-refractivity contribution in [2.24, 2.45) is 0 Å². The first-order valence-electron chi connectivity index (χ1n) is 11.9. The normalized spacial score (nSPS) is 21.8. The van der Waals surface area contributed by atoms with Crippen molar-refractivity contribution < 1.29 is 32.9 Å². The lowest BCUT2D eigenvalue weighted by Crippen LogP contribution is -2.23. The Morgan fingerprint density at radius 1 is 1.16 bits per heavy atom. The predicted octanol–water partition coefficient (Wildman–Crippen LogP) is 6.15. The van der Waals surface area contributed by atoms with Gasteiger partial charge in [0.2, 0.25) is 17.7 Å². The highest BCUT2D eigenvalue weighted by atomic mass is 32.2. The Morgan fingerprint density at radius 2 is 1.84 bits per heavy atom. The molecule has 198 valence electrons. The van der Waals surface area contributed by atoms with Crippen LogP contribution in [0.25, 0.3) is 5.69 Å². The van der Waals surface area contributed by atoms with E-state index in [1.165, 1.54) is 19.1 Å². The highest BCUT2D eigenvalue weighted by Gasteiger charge is 2.61. The average molecular weight is 544 g/mol. The molecule has 0 saturated carbocycles. The molecule has 1 amide bonds. The molecule has 0 aliphatic carbocycles. The summed E-state index contributed by atoms with van der Waals surface area (Å²) in [4.78, 5) is 12.2. The van der Waals surface area contributed by atoms with Crippen molar-refractivity contribution in [2.75, 3.05) is 11.1 Å². The van der Waals surface area contributed by atoms with Crippen molar-refractivity contribution in [1.82, 2.24) is 4.57 Å². The molecular formula is C27H24F3N3O4S. The van der Waals surface area contributed by atoms with Crippen LogP contribution in [0, 0.1) is 11.3 Å². The SMILES string of the molecule is CC(=O)Nc1ccc(SCC[C@@]23CC[C@@](C)(O2)c2c3c(O)n(-c3ccc(C#N)c(C(F)(F)F)c3)c2O)cc1. The van der Waals surface area contributed by atoms with Crippen molar-refractivity contribution in [3.05, 3.63) is 64.7 Å². The molecule has 11 heteroatoms. The van der Waals surface area contributed by atoms with E-state index >= 15 is 0 Å². The van der Waals surface area contributed by atoms with Gasteiger partial charge < -0.3 is 20.3 Å². The molecule has 3 aromatic rings. The number of nitriles is 1. The van der Waals surface area contributed by atoms with Gasteiger partial charge in [0.25, 0.3) is 0 Å². The molecule has 2 atom stereocenters. The fourth-order valence-electron chi connectivity index (χ4n) is 5.53. The van der Waals surface area contributed by atoms with E-state index in [2.05, 4.69) is 5.32 Å². The Balaban J connectivity index is 1.46. The molecule has 38 heavy (non-hydrogen) atoms. The van der Waals surface area contributed by atoms with Crippen LogP contribution in [0.5, 0.6) is 11.8 Å². The molecule has 2 bridgehead atoms. The molecule has 0 unspecified atom stereocenters. The number of benzene rings is 2. The van der Waals surface area contributed by atoms with E-state index in [9.17, 15) is 28.2 Å². The van der Waals surface area contributed by atoms with Gasteiger partial charge in [-0.05, 0) is 68.7 Å². The van der Waals surface area contributed by atoms with Gasteiger partial charge in [-0.15, -0.1) is 11.8 Å². The van der Waals surface area contributed by atoms with Gasteiger partial charge in [0.1, 0.15) is 5.60 Å². The summed E-state index contributed by atoms with van der Waals surface area (Å²) in [6.07, 6.45) is -3.13. The summed E-state index contributed by atoms with van der Waals surface area (Å²) in [6.45, 7) is 3.24. The molecule has 7 nitrogen and oxygen atoms in total. The lowest BCUT2D eigenvalue weighted by molar-refractivity contribution is -0.137. The number of carbonyl (C=O) groups is 1. The average Bonchev–Trinajstić information content (AvgIpc) is 3.43. The Labute approximate surface area is 220 Å². The maximum atomic E-state index is 13.6. The number of alkyl halides is 3. The number of aromatic hydroxyl groups is 2. The van der Waals surface area contributed by atoms with Gasteiger partial charge in [-0.3, -0.25) is 9.36 Å². The van der Waals surface area contributed by atoms with Gasteiger partial charge in [0.05, 0.1) is 39.6 Å². The number of thioether (sulfide) groups is 1. The summed E-state index contributed by atoms with van der Waals surface area (Å²) in [5.41, 5.74) is -2.14. The molecule has 3 N–H and O–H groups in total. The third-order valence-corrected chi connectivity index (χ3v) is 8.18. The molecule has 3 heterocycles. The lowest BCUT2D eigenvalue weighted by Gasteiger charge is -2.26. The molecule has 0 radical (unpaired) electrons. The Kier molecular flexibility index (Phi) is 6.16. The number of aromatic nitrogens is 1. The summed E-state index contributed by atoms with van der Waals surface area (Å²) in [5.74, 6) is -0.298. The van der Waals surface area contributed by atoms with Gasteiger partial charge in [-0.1, -0.05) is 0 Å². The molecule has 1 fully saturated rings. The first kappa shape index (κ1) is 26.0. The minimum Gasteiger partial charge on any atom is -0.494 e. The van der Waals surface area contributed by atoms with Crippen LogP contribution in [-0.2, 0) is 26.9 Å². The minimum atomic E-state index is -4.78. The number of nitrogens with zero attached hydrogens (tertiary/aromatic N) is 2. The van der Waals surface area contributed by atoms with Crippen molar-refractivity contribution in [2.45, 2.75) is 55.4 Å². The molecule has 0 spiro atoms. The van der Waals surface area contributed by atoms with Crippen LogP contribution < -0.4 is 5.32 Å². The fourth-order valence-corrected chi connectivity index (χ4v) is 6.52. The van der Waals surface area contributed by atoms with Crippen LogP contribution in [-0.4, -0.2) is 26.4 Å². The van der Waals surface area contributed by atoms with E-state index in [0.29, 0.717) is 41.8 Å². The molecule has 2 aliphatic heterocycles. The van der Waals surface area contributed by atoms with Crippen molar-refractivity contribution in [3.8, 4) is 23.5 Å². The maximum Gasteiger partial charge on any atom is 0.417 e. The third kappa shape index (κ3) is 4.18. The number of anilines is 1. The van der Waals surface area contributed by atoms with E-state index in [-0.39, 0.29) is 23.4 Å². The second-order valence-electron chi connectivity index (χ2n) is 9.70. The molecule has 1 saturated heterocycles. The zero-order chi connectivity index (χ0) is 27.5. The smallest absolute Gasteiger partial charge is 0.417 e. The van der Waals surface area contributed by atoms with Crippen molar-refractivity contribution >= 4 is 23.4 Å². The van der Waals surface area contributed by atoms with Gasteiger partial charge in [-0.25, -0.2) is 0 Å².